The fraction of sp³-hybridized carbons (Fsp3) is 0.478. The Balaban J connectivity index is 2.06. The van der Waals surface area contributed by atoms with Gasteiger partial charge in [0.15, 0.2) is 0 Å². The van der Waals surface area contributed by atoms with Crippen LogP contribution < -0.4 is 4.74 Å². The molecule has 1 N–H and O–H groups in total. The Morgan fingerprint density at radius 2 is 1.94 bits per heavy atom. The minimum absolute atomic E-state index is 0.121. The van der Waals surface area contributed by atoms with Gasteiger partial charge in [-0.15, -0.1) is 0 Å². The number of carbonyl (C=O) groups is 1. The largest absolute Gasteiger partial charge is 0.472 e. The molecule has 1 amide bonds. The second kappa shape index (κ2) is 9.56. The summed E-state index contributed by atoms with van der Waals surface area (Å²) in [5.74, 6) is -0.298. The average molecular weight is 462 g/mol. The second-order valence-corrected chi connectivity index (χ2v) is 10.7. The summed E-state index contributed by atoms with van der Waals surface area (Å²) in [4.78, 5) is 19.5. The average Bonchev–Trinajstić information content (AvgIpc) is 2.75. The minimum Gasteiger partial charge on any atom is -0.472 e. The van der Waals surface area contributed by atoms with Crippen LogP contribution in [-0.2, 0) is 10.0 Å². The third kappa shape index (κ3) is 5.28. The number of pyridine rings is 1. The van der Waals surface area contributed by atoms with Gasteiger partial charge in [0.1, 0.15) is 11.7 Å². The van der Waals surface area contributed by atoms with E-state index in [-0.39, 0.29) is 30.9 Å². The van der Waals surface area contributed by atoms with E-state index in [4.69, 9.17) is 4.74 Å². The van der Waals surface area contributed by atoms with Crippen LogP contribution in [0.2, 0.25) is 0 Å². The zero-order valence-corrected chi connectivity index (χ0v) is 20.0. The summed E-state index contributed by atoms with van der Waals surface area (Å²) in [5.41, 5.74) is 3.12. The highest BCUT2D eigenvalue weighted by molar-refractivity contribution is 7.88. The number of aromatic nitrogens is 1. The fourth-order valence-corrected chi connectivity index (χ4v) is 4.03. The number of benzene rings is 1. The Kier molecular flexibility index (Phi) is 7.22. The van der Waals surface area contributed by atoms with Crippen molar-refractivity contribution in [1.82, 2.24) is 14.2 Å². The molecule has 3 rings (SSSR count). The molecule has 3 atom stereocenters. The number of nitrogens with zero attached hydrogens (tertiary/aromatic N) is 3. The molecular formula is C23H31N3O5S. The predicted octanol–water partition coefficient (Wildman–Crippen LogP) is 2.17. The van der Waals surface area contributed by atoms with E-state index in [0.29, 0.717) is 12.1 Å². The fourth-order valence-electron chi connectivity index (χ4n) is 3.61. The molecule has 0 aliphatic carbocycles. The maximum atomic E-state index is 13.4. The van der Waals surface area contributed by atoms with Gasteiger partial charge in [0, 0.05) is 31.3 Å². The van der Waals surface area contributed by atoms with Crippen LogP contribution in [0.25, 0.3) is 11.1 Å². The van der Waals surface area contributed by atoms with Crippen molar-refractivity contribution >= 4 is 15.9 Å². The van der Waals surface area contributed by atoms with Crippen molar-refractivity contribution in [2.45, 2.75) is 32.9 Å². The maximum absolute atomic E-state index is 13.4. The number of ether oxygens (including phenoxy) is 1. The van der Waals surface area contributed by atoms with Crippen LogP contribution >= 0.6 is 0 Å². The molecule has 1 aliphatic rings. The molecule has 2 aromatic rings. The number of sulfonamides is 1. The lowest BCUT2D eigenvalue weighted by molar-refractivity contribution is 0.0374. The van der Waals surface area contributed by atoms with Crippen molar-refractivity contribution in [2.75, 3.05) is 33.0 Å². The highest BCUT2D eigenvalue weighted by atomic mass is 32.2. The van der Waals surface area contributed by atoms with E-state index in [9.17, 15) is 18.3 Å². The van der Waals surface area contributed by atoms with E-state index in [2.05, 4.69) is 4.98 Å². The normalized spacial score (nSPS) is 20.3. The van der Waals surface area contributed by atoms with E-state index in [1.165, 1.54) is 11.4 Å². The highest BCUT2D eigenvalue weighted by Gasteiger charge is 2.35. The molecule has 1 aromatic heterocycles. The lowest BCUT2D eigenvalue weighted by Crippen LogP contribution is -2.50. The molecule has 0 radical (unpaired) electrons. The van der Waals surface area contributed by atoms with Crippen LogP contribution in [0.5, 0.6) is 5.88 Å². The SMILES string of the molecule is Cc1ccc(-c2cnc3c(c2)C(=O)N([C@@H](C)CO)C[C@@H](C)[C@@H](CN(C)S(C)(=O)=O)O3)cc1. The summed E-state index contributed by atoms with van der Waals surface area (Å²) < 4.78 is 31.3. The van der Waals surface area contributed by atoms with E-state index < -0.39 is 22.2 Å². The zero-order chi connectivity index (χ0) is 23.6. The van der Waals surface area contributed by atoms with Gasteiger partial charge in [0.05, 0.1) is 25.4 Å². The molecule has 8 nitrogen and oxygen atoms in total. The van der Waals surface area contributed by atoms with Gasteiger partial charge >= 0.3 is 0 Å². The molecule has 0 fully saturated rings. The Bertz CT molecular complexity index is 1070. The van der Waals surface area contributed by atoms with Gasteiger partial charge in [0.2, 0.25) is 15.9 Å². The summed E-state index contributed by atoms with van der Waals surface area (Å²) in [5, 5.41) is 9.75. The summed E-state index contributed by atoms with van der Waals surface area (Å²) in [6, 6.07) is 9.25. The maximum Gasteiger partial charge on any atom is 0.259 e. The molecule has 1 aliphatic heterocycles. The summed E-state index contributed by atoms with van der Waals surface area (Å²) in [6.07, 6.45) is 2.28. The van der Waals surface area contributed by atoms with Crippen LogP contribution in [0.3, 0.4) is 0 Å². The van der Waals surface area contributed by atoms with Gasteiger partial charge in [-0.05, 0) is 25.5 Å². The molecule has 9 heteroatoms. The number of amides is 1. The number of likely N-dealkylation sites (N-methyl/N-ethyl adjacent to an activating group) is 1. The number of carbonyl (C=O) groups excluding carboxylic acids is 1. The van der Waals surface area contributed by atoms with Crippen molar-refractivity contribution < 1.29 is 23.1 Å². The summed E-state index contributed by atoms with van der Waals surface area (Å²) in [6.45, 7) is 5.93. The number of aryl methyl sites for hydroxylation is 1. The van der Waals surface area contributed by atoms with Crippen molar-refractivity contribution in [3.05, 3.63) is 47.7 Å². The second-order valence-electron chi connectivity index (χ2n) is 8.61. The summed E-state index contributed by atoms with van der Waals surface area (Å²) >= 11 is 0. The van der Waals surface area contributed by atoms with Crippen molar-refractivity contribution in [1.29, 1.82) is 0 Å². The number of fused-ring (bicyclic) bond motifs is 1. The van der Waals surface area contributed by atoms with E-state index in [0.717, 1.165) is 22.9 Å². The summed E-state index contributed by atoms with van der Waals surface area (Å²) in [7, 11) is -1.90. The van der Waals surface area contributed by atoms with Gasteiger partial charge in [-0.1, -0.05) is 36.8 Å². The van der Waals surface area contributed by atoms with Gasteiger partial charge in [-0.2, -0.15) is 0 Å². The first-order valence-electron chi connectivity index (χ1n) is 10.6. The van der Waals surface area contributed by atoms with Gasteiger partial charge in [0.25, 0.3) is 5.91 Å². The van der Waals surface area contributed by atoms with E-state index in [1.807, 2.05) is 38.1 Å². The molecule has 32 heavy (non-hydrogen) atoms. The first kappa shape index (κ1) is 24.2. The first-order chi connectivity index (χ1) is 15.0. The third-order valence-electron chi connectivity index (χ3n) is 5.91. The van der Waals surface area contributed by atoms with Crippen molar-refractivity contribution in [3.8, 4) is 17.0 Å². The van der Waals surface area contributed by atoms with Gasteiger partial charge in [-0.25, -0.2) is 17.7 Å². The van der Waals surface area contributed by atoms with Gasteiger partial charge in [-0.3, -0.25) is 4.79 Å². The quantitative estimate of drug-likeness (QED) is 0.708. The molecule has 1 aromatic carbocycles. The predicted molar refractivity (Wildman–Crippen MR) is 123 cm³/mol. The number of hydrogen-bond acceptors (Lipinski definition) is 6. The van der Waals surface area contributed by atoms with E-state index in [1.54, 1.807) is 24.1 Å². The Morgan fingerprint density at radius 1 is 1.28 bits per heavy atom. The van der Waals surface area contributed by atoms with Crippen molar-refractivity contribution in [2.24, 2.45) is 5.92 Å². The zero-order valence-electron chi connectivity index (χ0n) is 19.1. The molecular weight excluding hydrogens is 430 g/mol. The smallest absolute Gasteiger partial charge is 0.259 e. The van der Waals surface area contributed by atoms with Gasteiger partial charge < -0.3 is 14.7 Å². The molecule has 0 spiro atoms. The number of aliphatic hydroxyl groups is 1. The van der Waals surface area contributed by atoms with Crippen LogP contribution in [0, 0.1) is 12.8 Å². The molecule has 0 bridgehead atoms. The van der Waals surface area contributed by atoms with Crippen LogP contribution in [0.4, 0.5) is 0 Å². The Morgan fingerprint density at radius 3 is 2.53 bits per heavy atom. The number of rotatable bonds is 6. The molecule has 2 heterocycles. The molecule has 0 saturated carbocycles. The lowest BCUT2D eigenvalue weighted by Gasteiger charge is -2.37. The van der Waals surface area contributed by atoms with Crippen LogP contribution in [-0.4, -0.2) is 78.8 Å². The number of hydrogen-bond donors (Lipinski definition) is 1. The molecule has 174 valence electrons. The van der Waals surface area contributed by atoms with Crippen LogP contribution in [0.1, 0.15) is 29.8 Å². The molecule has 0 unspecified atom stereocenters. The molecule has 0 saturated heterocycles. The minimum atomic E-state index is -3.40. The third-order valence-corrected chi connectivity index (χ3v) is 7.19. The monoisotopic (exact) mass is 461 g/mol. The lowest BCUT2D eigenvalue weighted by atomic mass is 9.99. The van der Waals surface area contributed by atoms with E-state index >= 15 is 0 Å². The standard InChI is InChI=1S/C23H31N3O5S/c1-15-6-8-18(9-7-15)19-10-20-22(24-11-19)31-21(13-25(4)32(5,29)30)16(2)12-26(23(20)28)17(3)14-27/h6-11,16-17,21,27H,12-14H2,1-5H3/t16-,17+,21-/m1/s1. The Hall–Kier alpha value is -2.49. The Labute approximate surface area is 189 Å². The van der Waals surface area contributed by atoms with Crippen molar-refractivity contribution in [3.63, 3.8) is 0 Å². The number of aliphatic hydroxyl groups excluding tert-OH is 1. The topological polar surface area (TPSA) is 100 Å². The first-order valence-corrected chi connectivity index (χ1v) is 12.4. The highest BCUT2D eigenvalue weighted by Crippen LogP contribution is 2.30. The van der Waals surface area contributed by atoms with Crippen LogP contribution in [0.15, 0.2) is 36.5 Å².